The monoisotopic (exact) mass is 385 g/mol. The Kier molecular flexibility index (Phi) is 7.28. The molecule has 0 bridgehead atoms. The van der Waals surface area contributed by atoms with Gasteiger partial charge in [-0.3, -0.25) is 10.2 Å². The van der Waals surface area contributed by atoms with Crippen LogP contribution in [-0.4, -0.2) is 35.1 Å². The van der Waals surface area contributed by atoms with Crippen LogP contribution in [0, 0.1) is 23.6 Å². The Morgan fingerprint density at radius 3 is 2.86 bits per heavy atom. The summed E-state index contributed by atoms with van der Waals surface area (Å²) in [5.74, 6) is 1.40. The summed E-state index contributed by atoms with van der Waals surface area (Å²) in [7, 11) is 0. The first-order valence-electron chi connectivity index (χ1n) is 8.36. The van der Waals surface area contributed by atoms with E-state index in [0.29, 0.717) is 17.7 Å². The van der Waals surface area contributed by atoms with Crippen molar-refractivity contribution < 1.29 is 18.7 Å². The molecule has 0 aliphatic heterocycles. The maximum atomic E-state index is 14.1. The van der Waals surface area contributed by atoms with Crippen molar-refractivity contribution in [1.29, 1.82) is 5.41 Å². The molecule has 28 heavy (non-hydrogen) atoms. The van der Waals surface area contributed by atoms with Gasteiger partial charge >= 0.3 is 0 Å². The number of ether oxygens (including phenoxy) is 2. The molecule has 2 aromatic rings. The molecular formula is C19H20FN5O3. The van der Waals surface area contributed by atoms with E-state index in [0.717, 1.165) is 0 Å². The number of terminal acetylenes is 1. The van der Waals surface area contributed by atoms with Gasteiger partial charge in [-0.2, -0.15) is 0 Å². The summed E-state index contributed by atoms with van der Waals surface area (Å²) in [6.45, 7) is 2.05. The number of amides is 1. The van der Waals surface area contributed by atoms with E-state index in [9.17, 15) is 9.18 Å². The van der Waals surface area contributed by atoms with Crippen molar-refractivity contribution in [3.63, 3.8) is 0 Å². The zero-order chi connectivity index (χ0) is 20.5. The van der Waals surface area contributed by atoms with Crippen LogP contribution in [0.3, 0.4) is 0 Å². The highest BCUT2D eigenvalue weighted by Gasteiger charge is 2.15. The van der Waals surface area contributed by atoms with Gasteiger partial charge in [-0.05, 0) is 36.1 Å². The third kappa shape index (κ3) is 5.95. The number of benzene rings is 1. The van der Waals surface area contributed by atoms with E-state index in [1.54, 1.807) is 6.07 Å². The minimum Gasteiger partial charge on any atom is -0.466 e. The van der Waals surface area contributed by atoms with Gasteiger partial charge in [-0.1, -0.05) is 12.8 Å². The summed E-state index contributed by atoms with van der Waals surface area (Å²) < 4.78 is 24.1. The molecule has 0 saturated carbocycles. The molecule has 4 N–H and O–H groups in total. The number of nitrogens with one attached hydrogen (secondary N) is 2. The number of hydrogen-bond donors (Lipinski definition) is 3. The highest BCUT2D eigenvalue weighted by atomic mass is 19.1. The Morgan fingerprint density at radius 2 is 2.21 bits per heavy atom. The third-order valence-electron chi connectivity index (χ3n) is 3.76. The average molecular weight is 385 g/mol. The van der Waals surface area contributed by atoms with Crippen molar-refractivity contribution in [2.75, 3.05) is 18.5 Å². The standard InChI is InChI=1S/C19H20FN5O3/c1-3-7-27-17-11-23-16(10-24-17)18(26)25-13-4-5-15(20)14(9-13)12(2)6-8-28-19(21)22/h1,4-5,9-12H,6-8H2,2H3,(H3,21,22)(H,25,26)/t12-/m1/s1. The second-order valence-corrected chi connectivity index (χ2v) is 5.83. The molecule has 1 heterocycles. The van der Waals surface area contributed by atoms with Crippen molar-refractivity contribution in [3.05, 3.63) is 47.7 Å². The first kappa shape index (κ1) is 20.6. The fourth-order valence-electron chi connectivity index (χ4n) is 2.32. The number of aromatic nitrogens is 2. The maximum absolute atomic E-state index is 14.1. The molecule has 0 aliphatic carbocycles. The Bertz CT molecular complexity index is 880. The van der Waals surface area contributed by atoms with Crippen LogP contribution in [0.4, 0.5) is 10.1 Å². The lowest BCUT2D eigenvalue weighted by atomic mass is 9.97. The number of carbonyl (C=O) groups is 1. The first-order valence-corrected chi connectivity index (χ1v) is 8.36. The van der Waals surface area contributed by atoms with Crippen LogP contribution < -0.4 is 15.8 Å². The van der Waals surface area contributed by atoms with Crippen molar-refractivity contribution in [1.82, 2.24) is 9.97 Å². The van der Waals surface area contributed by atoms with Gasteiger partial charge in [0.1, 0.15) is 11.5 Å². The normalized spacial score (nSPS) is 11.2. The second kappa shape index (κ2) is 9.87. The Hall–Kier alpha value is -3.67. The molecule has 0 aliphatic rings. The van der Waals surface area contributed by atoms with Crippen LogP contribution in [0.15, 0.2) is 30.6 Å². The summed E-state index contributed by atoms with van der Waals surface area (Å²) in [6, 6.07) is 3.89. The smallest absolute Gasteiger partial charge is 0.278 e. The van der Waals surface area contributed by atoms with Crippen LogP contribution in [0.5, 0.6) is 5.88 Å². The van der Waals surface area contributed by atoms with E-state index >= 15 is 0 Å². The number of anilines is 1. The molecule has 8 nitrogen and oxygen atoms in total. The van der Waals surface area contributed by atoms with Crippen LogP contribution in [-0.2, 0) is 4.74 Å². The van der Waals surface area contributed by atoms with Gasteiger partial charge in [0.25, 0.3) is 11.9 Å². The van der Waals surface area contributed by atoms with E-state index in [2.05, 4.69) is 21.2 Å². The lowest BCUT2D eigenvalue weighted by molar-refractivity contribution is 0.102. The van der Waals surface area contributed by atoms with Crippen LogP contribution in [0.2, 0.25) is 0 Å². The number of nitrogens with two attached hydrogens (primary N) is 1. The number of halogens is 1. The van der Waals surface area contributed by atoms with Gasteiger partial charge in [0.15, 0.2) is 6.61 Å². The van der Waals surface area contributed by atoms with Gasteiger partial charge in [-0.25, -0.2) is 14.4 Å². The lowest BCUT2D eigenvalue weighted by Gasteiger charge is -2.15. The van der Waals surface area contributed by atoms with Crippen molar-refractivity contribution in [3.8, 4) is 18.2 Å². The van der Waals surface area contributed by atoms with Crippen LogP contribution >= 0.6 is 0 Å². The minimum atomic E-state index is -0.499. The van der Waals surface area contributed by atoms with E-state index < -0.39 is 11.7 Å². The predicted octanol–water partition coefficient (Wildman–Crippen LogP) is 2.28. The Morgan fingerprint density at radius 1 is 1.43 bits per heavy atom. The zero-order valence-corrected chi connectivity index (χ0v) is 15.2. The second-order valence-electron chi connectivity index (χ2n) is 5.83. The summed E-state index contributed by atoms with van der Waals surface area (Å²) in [6.07, 6.45) is 8.09. The molecule has 1 atom stereocenters. The van der Waals surface area contributed by atoms with E-state index in [-0.39, 0.29) is 36.7 Å². The van der Waals surface area contributed by atoms with Gasteiger partial charge in [-0.15, -0.1) is 6.42 Å². The van der Waals surface area contributed by atoms with Gasteiger partial charge < -0.3 is 20.5 Å². The van der Waals surface area contributed by atoms with Crippen molar-refractivity contribution in [2.45, 2.75) is 19.3 Å². The largest absolute Gasteiger partial charge is 0.466 e. The zero-order valence-electron chi connectivity index (χ0n) is 15.2. The molecule has 0 saturated heterocycles. The number of rotatable bonds is 8. The van der Waals surface area contributed by atoms with Gasteiger partial charge in [0.05, 0.1) is 19.0 Å². The average Bonchev–Trinajstić information content (AvgIpc) is 2.67. The number of nitrogens with zero attached hydrogens (tertiary/aromatic N) is 2. The van der Waals surface area contributed by atoms with Gasteiger partial charge in [0.2, 0.25) is 5.88 Å². The summed E-state index contributed by atoms with van der Waals surface area (Å²) in [5, 5.41) is 9.68. The SMILES string of the molecule is C#CCOc1cnc(C(=O)Nc2ccc(F)c([C@H](C)CCOC(=N)N)c2)cn1. The van der Waals surface area contributed by atoms with Crippen molar-refractivity contribution >= 4 is 17.6 Å². The molecule has 1 amide bonds. The highest BCUT2D eigenvalue weighted by Crippen LogP contribution is 2.25. The van der Waals surface area contributed by atoms with E-state index in [1.165, 1.54) is 24.5 Å². The molecule has 0 radical (unpaired) electrons. The number of carbonyl (C=O) groups excluding carboxylic acids is 1. The molecule has 1 aromatic carbocycles. The summed E-state index contributed by atoms with van der Waals surface area (Å²) in [4.78, 5) is 20.2. The van der Waals surface area contributed by atoms with Crippen LogP contribution in [0.1, 0.15) is 35.3 Å². The topological polar surface area (TPSA) is 123 Å². The Balaban J connectivity index is 2.04. The molecule has 1 aromatic heterocycles. The molecule has 2 rings (SSSR count). The van der Waals surface area contributed by atoms with E-state index in [1.807, 2.05) is 6.92 Å². The minimum absolute atomic E-state index is 0.0498. The number of amidine groups is 1. The van der Waals surface area contributed by atoms with Crippen LogP contribution in [0.25, 0.3) is 0 Å². The lowest BCUT2D eigenvalue weighted by Crippen LogP contribution is -2.16. The maximum Gasteiger partial charge on any atom is 0.278 e. The summed E-state index contributed by atoms with van der Waals surface area (Å²) in [5.41, 5.74) is 6.02. The molecular weight excluding hydrogens is 365 g/mol. The molecule has 146 valence electrons. The number of hydrogen-bond acceptors (Lipinski definition) is 6. The third-order valence-corrected chi connectivity index (χ3v) is 3.76. The molecule has 0 spiro atoms. The Labute approximate surface area is 161 Å². The highest BCUT2D eigenvalue weighted by molar-refractivity contribution is 6.02. The molecule has 9 heteroatoms. The van der Waals surface area contributed by atoms with E-state index in [4.69, 9.17) is 27.0 Å². The summed E-state index contributed by atoms with van der Waals surface area (Å²) >= 11 is 0. The first-order chi connectivity index (χ1) is 13.4. The predicted molar refractivity (Wildman–Crippen MR) is 102 cm³/mol. The van der Waals surface area contributed by atoms with Gasteiger partial charge in [0, 0.05) is 5.69 Å². The quantitative estimate of drug-likeness (QED) is 0.364. The van der Waals surface area contributed by atoms with Crippen molar-refractivity contribution in [2.24, 2.45) is 5.73 Å². The molecule has 0 fully saturated rings. The fourth-order valence-corrected chi connectivity index (χ4v) is 2.32. The fraction of sp³-hybridized carbons (Fsp3) is 0.263. The molecule has 0 unspecified atom stereocenters.